The lowest BCUT2D eigenvalue weighted by atomic mass is 10.1. The number of benzene rings is 1. The first kappa shape index (κ1) is 11.7. The van der Waals surface area contributed by atoms with E-state index in [1.54, 1.807) is 6.07 Å². The quantitative estimate of drug-likeness (QED) is 0.880. The minimum Gasteiger partial charge on any atom is -0.371 e. The first-order valence-corrected chi connectivity index (χ1v) is 6.05. The number of aromatic nitrogens is 1. The summed E-state index contributed by atoms with van der Waals surface area (Å²) >= 11 is 0. The minimum absolute atomic E-state index is 0.0336. The Balaban J connectivity index is 2.78. The standard InChI is InChI=1S/C14H18N2O/c1-4-16(5-2)12-9-13(17)15-14-10(3)7-6-8-11(12)14/h6-9H,4-5H2,1-3H3,(H,15,17). The van der Waals surface area contributed by atoms with Crippen molar-refractivity contribution in [2.45, 2.75) is 20.8 Å². The van der Waals surface area contributed by atoms with Gasteiger partial charge in [0.1, 0.15) is 0 Å². The predicted molar refractivity (Wildman–Crippen MR) is 72.9 cm³/mol. The maximum Gasteiger partial charge on any atom is 0.250 e. The van der Waals surface area contributed by atoms with Crippen molar-refractivity contribution in [1.29, 1.82) is 0 Å². The van der Waals surface area contributed by atoms with Crippen LogP contribution in [0, 0.1) is 6.92 Å². The highest BCUT2D eigenvalue weighted by Gasteiger charge is 2.09. The Morgan fingerprint density at radius 2 is 1.94 bits per heavy atom. The Morgan fingerprint density at radius 3 is 2.59 bits per heavy atom. The van der Waals surface area contributed by atoms with Gasteiger partial charge in [-0.05, 0) is 26.3 Å². The zero-order valence-corrected chi connectivity index (χ0v) is 10.6. The maximum absolute atomic E-state index is 11.7. The lowest BCUT2D eigenvalue weighted by Gasteiger charge is -2.22. The summed E-state index contributed by atoms with van der Waals surface area (Å²) in [6.07, 6.45) is 0. The van der Waals surface area contributed by atoms with E-state index in [4.69, 9.17) is 0 Å². The summed E-state index contributed by atoms with van der Waals surface area (Å²) in [4.78, 5) is 16.8. The van der Waals surface area contributed by atoms with Gasteiger partial charge in [0.2, 0.25) is 5.56 Å². The molecular weight excluding hydrogens is 212 g/mol. The van der Waals surface area contributed by atoms with E-state index in [2.05, 4.69) is 29.8 Å². The molecule has 3 nitrogen and oxygen atoms in total. The second-order valence-electron chi connectivity index (χ2n) is 4.19. The first-order chi connectivity index (χ1) is 8.17. The Labute approximate surface area is 101 Å². The molecule has 1 aromatic heterocycles. The van der Waals surface area contributed by atoms with Crippen LogP contribution in [0.15, 0.2) is 29.1 Å². The molecule has 0 aliphatic rings. The lowest BCUT2D eigenvalue weighted by Crippen LogP contribution is -2.24. The van der Waals surface area contributed by atoms with Gasteiger partial charge >= 0.3 is 0 Å². The van der Waals surface area contributed by atoms with Crippen LogP contribution in [0.25, 0.3) is 10.9 Å². The molecule has 0 spiro atoms. The highest BCUT2D eigenvalue weighted by Crippen LogP contribution is 2.25. The zero-order chi connectivity index (χ0) is 12.4. The number of para-hydroxylation sites is 1. The van der Waals surface area contributed by atoms with Crippen molar-refractivity contribution in [2.75, 3.05) is 18.0 Å². The van der Waals surface area contributed by atoms with Crippen LogP contribution >= 0.6 is 0 Å². The largest absolute Gasteiger partial charge is 0.371 e. The summed E-state index contributed by atoms with van der Waals surface area (Å²) < 4.78 is 0. The van der Waals surface area contributed by atoms with Crippen molar-refractivity contribution < 1.29 is 0 Å². The van der Waals surface area contributed by atoms with E-state index in [1.807, 2.05) is 19.1 Å². The zero-order valence-electron chi connectivity index (χ0n) is 10.6. The van der Waals surface area contributed by atoms with E-state index < -0.39 is 0 Å². The Hall–Kier alpha value is -1.77. The molecule has 0 saturated carbocycles. The van der Waals surface area contributed by atoms with Crippen LogP contribution in [0.5, 0.6) is 0 Å². The van der Waals surface area contributed by atoms with Crippen molar-refractivity contribution in [2.24, 2.45) is 0 Å². The maximum atomic E-state index is 11.7. The third kappa shape index (κ3) is 2.05. The molecule has 0 aliphatic carbocycles. The lowest BCUT2D eigenvalue weighted by molar-refractivity contribution is 0.868. The Morgan fingerprint density at radius 1 is 1.24 bits per heavy atom. The highest BCUT2D eigenvalue weighted by molar-refractivity contribution is 5.93. The van der Waals surface area contributed by atoms with Crippen LogP contribution in [0.1, 0.15) is 19.4 Å². The van der Waals surface area contributed by atoms with Gasteiger partial charge in [0.25, 0.3) is 0 Å². The van der Waals surface area contributed by atoms with Crippen LogP contribution in [0.2, 0.25) is 0 Å². The monoisotopic (exact) mass is 230 g/mol. The van der Waals surface area contributed by atoms with Crippen LogP contribution in [-0.2, 0) is 0 Å². The van der Waals surface area contributed by atoms with E-state index in [0.29, 0.717) is 0 Å². The topological polar surface area (TPSA) is 36.1 Å². The molecule has 0 bridgehead atoms. The smallest absolute Gasteiger partial charge is 0.250 e. The molecule has 0 fully saturated rings. The number of nitrogens with zero attached hydrogens (tertiary/aromatic N) is 1. The molecule has 0 saturated heterocycles. The molecule has 90 valence electrons. The molecule has 3 heteroatoms. The molecule has 0 aliphatic heterocycles. The van der Waals surface area contributed by atoms with Gasteiger partial charge in [0, 0.05) is 24.5 Å². The Kier molecular flexibility index (Phi) is 3.18. The fraction of sp³-hybridized carbons (Fsp3) is 0.357. The van der Waals surface area contributed by atoms with Gasteiger partial charge in [-0.15, -0.1) is 0 Å². The van der Waals surface area contributed by atoms with Gasteiger partial charge in [0.15, 0.2) is 0 Å². The number of H-pyrrole nitrogens is 1. The summed E-state index contributed by atoms with van der Waals surface area (Å²) in [6, 6.07) is 7.80. The van der Waals surface area contributed by atoms with E-state index in [9.17, 15) is 4.79 Å². The number of fused-ring (bicyclic) bond motifs is 1. The molecule has 0 unspecified atom stereocenters. The molecule has 2 rings (SSSR count). The van der Waals surface area contributed by atoms with Crippen molar-refractivity contribution in [1.82, 2.24) is 4.98 Å². The molecule has 0 atom stereocenters. The summed E-state index contributed by atoms with van der Waals surface area (Å²) in [6.45, 7) is 8.04. The molecule has 1 N–H and O–H groups in total. The van der Waals surface area contributed by atoms with E-state index in [0.717, 1.165) is 35.2 Å². The SMILES string of the molecule is CCN(CC)c1cc(=O)[nH]c2c(C)cccc12. The predicted octanol–water partition coefficient (Wildman–Crippen LogP) is 2.68. The fourth-order valence-electron chi connectivity index (χ4n) is 2.23. The molecule has 0 amide bonds. The summed E-state index contributed by atoms with van der Waals surface area (Å²) in [5, 5.41) is 1.12. The third-order valence-electron chi connectivity index (χ3n) is 3.17. The number of hydrogen-bond acceptors (Lipinski definition) is 2. The molecule has 2 aromatic rings. The van der Waals surface area contributed by atoms with Gasteiger partial charge in [-0.2, -0.15) is 0 Å². The van der Waals surface area contributed by atoms with E-state index in [-0.39, 0.29) is 5.56 Å². The van der Waals surface area contributed by atoms with E-state index >= 15 is 0 Å². The van der Waals surface area contributed by atoms with Crippen LogP contribution in [0.4, 0.5) is 5.69 Å². The molecule has 0 radical (unpaired) electrons. The average molecular weight is 230 g/mol. The molecule has 17 heavy (non-hydrogen) atoms. The number of anilines is 1. The molecule has 1 aromatic carbocycles. The highest BCUT2D eigenvalue weighted by atomic mass is 16.1. The number of rotatable bonds is 3. The number of hydrogen-bond donors (Lipinski definition) is 1. The second kappa shape index (κ2) is 4.62. The normalized spacial score (nSPS) is 10.8. The van der Waals surface area contributed by atoms with Gasteiger partial charge in [-0.25, -0.2) is 0 Å². The summed E-state index contributed by atoms with van der Waals surface area (Å²) in [5.74, 6) is 0. The van der Waals surface area contributed by atoms with Crippen molar-refractivity contribution >= 4 is 16.6 Å². The third-order valence-corrected chi connectivity index (χ3v) is 3.17. The van der Waals surface area contributed by atoms with Gasteiger partial charge < -0.3 is 9.88 Å². The number of nitrogens with one attached hydrogen (secondary N) is 1. The summed E-state index contributed by atoms with van der Waals surface area (Å²) in [7, 11) is 0. The fourth-order valence-corrected chi connectivity index (χ4v) is 2.23. The average Bonchev–Trinajstić information content (AvgIpc) is 2.32. The van der Waals surface area contributed by atoms with Crippen molar-refractivity contribution in [3.63, 3.8) is 0 Å². The number of aromatic amines is 1. The van der Waals surface area contributed by atoms with E-state index in [1.165, 1.54) is 0 Å². The minimum atomic E-state index is -0.0336. The second-order valence-corrected chi connectivity index (χ2v) is 4.19. The van der Waals surface area contributed by atoms with Crippen LogP contribution in [-0.4, -0.2) is 18.1 Å². The van der Waals surface area contributed by atoms with Gasteiger partial charge in [-0.1, -0.05) is 18.2 Å². The number of pyridine rings is 1. The molecule has 1 heterocycles. The van der Waals surface area contributed by atoms with Crippen molar-refractivity contribution in [3.8, 4) is 0 Å². The van der Waals surface area contributed by atoms with Gasteiger partial charge in [-0.3, -0.25) is 4.79 Å². The first-order valence-electron chi connectivity index (χ1n) is 6.05. The number of aryl methyl sites for hydroxylation is 1. The van der Waals surface area contributed by atoms with Gasteiger partial charge in [0.05, 0.1) is 11.2 Å². The Bertz CT molecular complexity index is 582. The van der Waals surface area contributed by atoms with Crippen LogP contribution in [0.3, 0.4) is 0 Å². The summed E-state index contributed by atoms with van der Waals surface area (Å²) in [5.41, 5.74) is 3.04. The molecular formula is C14H18N2O. The van der Waals surface area contributed by atoms with Crippen LogP contribution < -0.4 is 10.5 Å². The van der Waals surface area contributed by atoms with Crippen molar-refractivity contribution in [3.05, 3.63) is 40.2 Å².